The maximum Gasteiger partial charge on any atom is 0.107 e. The first-order chi connectivity index (χ1) is 6.38. The summed E-state index contributed by atoms with van der Waals surface area (Å²) < 4.78 is 5.16. The van der Waals surface area contributed by atoms with E-state index in [0.717, 1.165) is 12.8 Å². The van der Waals surface area contributed by atoms with Gasteiger partial charge in [0.15, 0.2) is 0 Å². The molecule has 2 nitrogen and oxygen atoms in total. The molecule has 1 saturated heterocycles. The molecule has 0 aromatic rings. The summed E-state index contributed by atoms with van der Waals surface area (Å²) in [6, 6.07) is 0. The van der Waals surface area contributed by atoms with Gasteiger partial charge in [-0.3, -0.25) is 0 Å². The number of epoxide rings is 1. The number of hydrogen-bond acceptors (Lipinski definition) is 2. The summed E-state index contributed by atoms with van der Waals surface area (Å²) in [5, 5.41) is 8.68. The first-order valence-electron chi connectivity index (χ1n) is 4.57. The van der Waals surface area contributed by atoms with Gasteiger partial charge in [-0.2, -0.15) is 0 Å². The molecule has 1 rings (SSSR count). The summed E-state index contributed by atoms with van der Waals surface area (Å²) in [6.45, 7) is 3.73. The van der Waals surface area contributed by atoms with Crippen molar-refractivity contribution in [1.29, 1.82) is 0 Å². The van der Waals surface area contributed by atoms with Gasteiger partial charge in [0.1, 0.15) is 6.10 Å². The van der Waals surface area contributed by atoms with Crippen LogP contribution in [0.4, 0.5) is 0 Å². The maximum absolute atomic E-state index is 8.68. The lowest BCUT2D eigenvalue weighted by molar-refractivity contribution is 0.242. The number of hydrogen-bond donors (Lipinski definition) is 1. The molecule has 1 N–H and O–H groups in total. The molecule has 0 aliphatic carbocycles. The van der Waals surface area contributed by atoms with Gasteiger partial charge in [-0.15, -0.1) is 0 Å². The minimum absolute atomic E-state index is 0.0911. The van der Waals surface area contributed by atoms with Crippen LogP contribution in [-0.4, -0.2) is 23.9 Å². The summed E-state index contributed by atoms with van der Waals surface area (Å²) in [5.74, 6) is 0. The van der Waals surface area contributed by atoms with Crippen molar-refractivity contribution in [2.75, 3.05) is 6.61 Å². The number of rotatable bonds is 6. The minimum atomic E-state index is 0.0911. The van der Waals surface area contributed by atoms with Gasteiger partial charge in [0, 0.05) is 0 Å². The SMILES string of the molecule is C=C/C=C/C/C=C/CC1OC1CO. The number of aliphatic hydroxyl groups excluding tert-OH is 1. The van der Waals surface area contributed by atoms with Crippen LogP contribution in [0.2, 0.25) is 0 Å². The highest BCUT2D eigenvalue weighted by molar-refractivity contribution is 5.02. The fourth-order valence-corrected chi connectivity index (χ4v) is 1.13. The molecule has 72 valence electrons. The number of allylic oxidation sites excluding steroid dienone is 4. The van der Waals surface area contributed by atoms with E-state index in [2.05, 4.69) is 18.7 Å². The third kappa shape index (κ3) is 4.06. The first kappa shape index (κ1) is 10.2. The molecule has 0 aromatic heterocycles. The van der Waals surface area contributed by atoms with Crippen molar-refractivity contribution < 1.29 is 9.84 Å². The molecule has 0 bridgehead atoms. The Labute approximate surface area is 79.2 Å². The van der Waals surface area contributed by atoms with Gasteiger partial charge in [0.05, 0.1) is 12.7 Å². The molecular formula is C11H16O2. The zero-order chi connectivity index (χ0) is 9.52. The van der Waals surface area contributed by atoms with E-state index in [1.807, 2.05) is 12.2 Å². The molecule has 13 heavy (non-hydrogen) atoms. The third-order valence-electron chi connectivity index (χ3n) is 1.95. The van der Waals surface area contributed by atoms with Crippen molar-refractivity contribution in [1.82, 2.24) is 0 Å². The van der Waals surface area contributed by atoms with Crippen molar-refractivity contribution in [3.63, 3.8) is 0 Å². The van der Waals surface area contributed by atoms with Crippen LogP contribution in [0, 0.1) is 0 Å². The zero-order valence-corrected chi connectivity index (χ0v) is 7.73. The van der Waals surface area contributed by atoms with Gasteiger partial charge in [-0.25, -0.2) is 0 Å². The predicted octanol–water partition coefficient (Wildman–Crippen LogP) is 1.82. The van der Waals surface area contributed by atoms with E-state index in [0.29, 0.717) is 0 Å². The largest absolute Gasteiger partial charge is 0.394 e. The fourth-order valence-electron chi connectivity index (χ4n) is 1.13. The molecular weight excluding hydrogens is 164 g/mol. The van der Waals surface area contributed by atoms with Crippen molar-refractivity contribution >= 4 is 0 Å². The maximum atomic E-state index is 8.68. The lowest BCUT2D eigenvalue weighted by atomic mass is 10.2. The van der Waals surface area contributed by atoms with Gasteiger partial charge >= 0.3 is 0 Å². The topological polar surface area (TPSA) is 32.8 Å². The van der Waals surface area contributed by atoms with Crippen molar-refractivity contribution in [3.05, 3.63) is 37.0 Å². The molecule has 2 atom stereocenters. The van der Waals surface area contributed by atoms with E-state index >= 15 is 0 Å². The van der Waals surface area contributed by atoms with Crippen LogP contribution < -0.4 is 0 Å². The second-order valence-corrected chi connectivity index (χ2v) is 3.00. The second kappa shape index (κ2) is 5.73. The van der Waals surface area contributed by atoms with Crippen LogP contribution in [0.15, 0.2) is 37.0 Å². The van der Waals surface area contributed by atoms with E-state index < -0.39 is 0 Å². The van der Waals surface area contributed by atoms with Gasteiger partial charge < -0.3 is 9.84 Å². The van der Waals surface area contributed by atoms with Crippen LogP contribution in [0.25, 0.3) is 0 Å². The summed E-state index contributed by atoms with van der Waals surface area (Å²) >= 11 is 0. The molecule has 0 spiro atoms. The first-order valence-corrected chi connectivity index (χ1v) is 4.57. The predicted molar refractivity (Wildman–Crippen MR) is 53.5 cm³/mol. The van der Waals surface area contributed by atoms with Gasteiger partial charge in [-0.1, -0.05) is 37.0 Å². The van der Waals surface area contributed by atoms with Gasteiger partial charge in [0.2, 0.25) is 0 Å². The van der Waals surface area contributed by atoms with E-state index in [4.69, 9.17) is 9.84 Å². The molecule has 1 heterocycles. The number of aliphatic hydroxyl groups is 1. The van der Waals surface area contributed by atoms with Crippen molar-refractivity contribution in [2.24, 2.45) is 0 Å². The van der Waals surface area contributed by atoms with E-state index in [1.165, 1.54) is 0 Å². The quantitative estimate of drug-likeness (QED) is 0.384. The molecule has 0 aromatic carbocycles. The molecule has 1 aliphatic rings. The van der Waals surface area contributed by atoms with Crippen LogP contribution in [0.5, 0.6) is 0 Å². The smallest absolute Gasteiger partial charge is 0.107 e. The highest BCUT2D eigenvalue weighted by atomic mass is 16.6. The Bertz CT molecular complexity index is 206. The average Bonchev–Trinajstić information content (AvgIpc) is 2.90. The minimum Gasteiger partial charge on any atom is -0.394 e. The Hall–Kier alpha value is -0.860. The van der Waals surface area contributed by atoms with Crippen LogP contribution >= 0.6 is 0 Å². The summed E-state index contributed by atoms with van der Waals surface area (Å²) in [6.07, 6.45) is 12.1. The molecule has 1 aliphatic heterocycles. The molecule has 2 heteroatoms. The summed E-state index contributed by atoms with van der Waals surface area (Å²) in [7, 11) is 0. The normalized spacial score (nSPS) is 27.2. The van der Waals surface area contributed by atoms with E-state index in [-0.39, 0.29) is 18.8 Å². The molecule has 0 saturated carbocycles. The Morgan fingerprint density at radius 2 is 2.08 bits per heavy atom. The molecule has 2 unspecified atom stereocenters. The second-order valence-electron chi connectivity index (χ2n) is 3.00. The standard InChI is InChI=1S/C11H16O2/c1-2-3-4-5-6-7-8-10-11(9-12)13-10/h2-4,6-7,10-12H,1,5,8-9H2/b4-3+,7-6+. The van der Waals surface area contributed by atoms with Gasteiger partial charge in [-0.05, 0) is 12.8 Å². The van der Waals surface area contributed by atoms with Crippen LogP contribution in [0.1, 0.15) is 12.8 Å². The van der Waals surface area contributed by atoms with Crippen molar-refractivity contribution in [2.45, 2.75) is 25.0 Å². The lowest BCUT2D eigenvalue weighted by Gasteiger charge is -1.84. The van der Waals surface area contributed by atoms with E-state index in [9.17, 15) is 0 Å². The van der Waals surface area contributed by atoms with Crippen molar-refractivity contribution in [3.8, 4) is 0 Å². The van der Waals surface area contributed by atoms with Crippen LogP contribution in [-0.2, 0) is 4.74 Å². The fraction of sp³-hybridized carbons (Fsp3) is 0.455. The highest BCUT2D eigenvalue weighted by Crippen LogP contribution is 2.24. The number of ether oxygens (including phenoxy) is 1. The summed E-state index contributed by atoms with van der Waals surface area (Å²) in [4.78, 5) is 0. The van der Waals surface area contributed by atoms with E-state index in [1.54, 1.807) is 6.08 Å². The Morgan fingerprint density at radius 1 is 1.23 bits per heavy atom. The molecule has 0 amide bonds. The molecule has 0 radical (unpaired) electrons. The monoisotopic (exact) mass is 180 g/mol. The summed E-state index contributed by atoms with van der Waals surface area (Å²) in [5.41, 5.74) is 0. The Kier molecular flexibility index (Phi) is 4.50. The average molecular weight is 180 g/mol. The molecule has 1 fully saturated rings. The highest BCUT2D eigenvalue weighted by Gasteiger charge is 2.36. The Balaban J connectivity index is 1.99. The zero-order valence-electron chi connectivity index (χ0n) is 7.73. The van der Waals surface area contributed by atoms with Crippen LogP contribution in [0.3, 0.4) is 0 Å². The Morgan fingerprint density at radius 3 is 2.69 bits per heavy atom. The van der Waals surface area contributed by atoms with Gasteiger partial charge in [0.25, 0.3) is 0 Å². The lowest BCUT2D eigenvalue weighted by Crippen LogP contribution is -1.97. The third-order valence-corrected chi connectivity index (χ3v) is 1.95.